The van der Waals surface area contributed by atoms with E-state index in [4.69, 9.17) is 0 Å². The highest BCUT2D eigenvalue weighted by Gasteiger charge is 2.18. The van der Waals surface area contributed by atoms with Crippen molar-refractivity contribution in [2.75, 3.05) is 4.90 Å². The maximum Gasteiger partial charge on any atom is 0.0541 e. The predicted octanol–water partition coefficient (Wildman–Crippen LogP) is 14.9. The molecule has 10 rings (SSSR count). The van der Waals surface area contributed by atoms with Crippen molar-refractivity contribution in [2.45, 2.75) is 0 Å². The molecule has 0 spiro atoms. The molecule has 0 aliphatic heterocycles. The van der Waals surface area contributed by atoms with Crippen LogP contribution < -0.4 is 4.90 Å². The first-order valence-electron chi connectivity index (χ1n) is 19.2. The number of rotatable bonds is 8. The molecule has 0 saturated heterocycles. The van der Waals surface area contributed by atoms with E-state index in [0.29, 0.717) is 0 Å². The van der Waals surface area contributed by atoms with Gasteiger partial charge in [-0.25, -0.2) is 0 Å². The molecule has 0 radical (unpaired) electrons. The van der Waals surface area contributed by atoms with Crippen LogP contribution in [-0.4, -0.2) is 4.57 Å². The van der Waals surface area contributed by atoms with E-state index >= 15 is 0 Å². The van der Waals surface area contributed by atoms with Gasteiger partial charge in [-0.2, -0.15) is 0 Å². The van der Waals surface area contributed by atoms with Crippen molar-refractivity contribution in [1.82, 2.24) is 4.57 Å². The van der Waals surface area contributed by atoms with Gasteiger partial charge in [0.2, 0.25) is 0 Å². The van der Waals surface area contributed by atoms with E-state index in [1.54, 1.807) is 0 Å². The van der Waals surface area contributed by atoms with Crippen LogP contribution in [0.2, 0.25) is 0 Å². The highest BCUT2D eigenvalue weighted by atomic mass is 15.1. The first kappa shape index (κ1) is 33.2. The molecule has 2 nitrogen and oxygen atoms in total. The Morgan fingerprint density at radius 1 is 0.286 bits per heavy atom. The second kappa shape index (κ2) is 14.4. The molecule has 2 heteroatoms. The lowest BCUT2D eigenvalue weighted by Crippen LogP contribution is -2.11. The van der Waals surface area contributed by atoms with E-state index < -0.39 is 0 Å². The van der Waals surface area contributed by atoms with Gasteiger partial charge in [-0.15, -0.1) is 0 Å². The zero-order valence-electron chi connectivity index (χ0n) is 30.8. The van der Waals surface area contributed by atoms with Crippen LogP contribution in [0.15, 0.2) is 231 Å². The summed E-state index contributed by atoms with van der Waals surface area (Å²) in [6, 6.07) is 82.9. The van der Waals surface area contributed by atoms with E-state index in [2.05, 4.69) is 240 Å². The SMILES string of the molecule is c1ccc(-c2ccc(N(c3ccc(-c4ccc(-c5ccc6c(c5)c5ccccc5n6-c5ccccc5)cc4)cc3)c3ccccc3-c3ccccc3)cc2)cc1. The summed E-state index contributed by atoms with van der Waals surface area (Å²) in [7, 11) is 0. The topological polar surface area (TPSA) is 8.17 Å². The summed E-state index contributed by atoms with van der Waals surface area (Å²) in [5.41, 5.74) is 16.5. The number of aromatic nitrogens is 1. The lowest BCUT2D eigenvalue weighted by molar-refractivity contribution is 1.18. The largest absolute Gasteiger partial charge is 0.310 e. The van der Waals surface area contributed by atoms with Crippen molar-refractivity contribution in [3.05, 3.63) is 231 Å². The fourth-order valence-electron chi connectivity index (χ4n) is 8.06. The normalized spacial score (nSPS) is 11.2. The number of benzene rings is 9. The molecule has 10 aromatic rings. The molecule has 1 aromatic heterocycles. The van der Waals surface area contributed by atoms with E-state index in [0.717, 1.165) is 17.1 Å². The highest BCUT2D eigenvalue weighted by Crippen LogP contribution is 2.42. The average Bonchev–Trinajstić information content (AvgIpc) is 3.62. The van der Waals surface area contributed by atoms with Gasteiger partial charge >= 0.3 is 0 Å². The Labute approximate surface area is 327 Å². The van der Waals surface area contributed by atoms with E-state index in [9.17, 15) is 0 Å². The number of hydrogen-bond acceptors (Lipinski definition) is 1. The van der Waals surface area contributed by atoms with Crippen LogP contribution in [0.1, 0.15) is 0 Å². The van der Waals surface area contributed by atoms with Crippen molar-refractivity contribution in [3.63, 3.8) is 0 Å². The number of para-hydroxylation sites is 3. The van der Waals surface area contributed by atoms with Crippen LogP contribution in [0.25, 0.3) is 72.0 Å². The third-order valence-electron chi connectivity index (χ3n) is 10.8. The minimum absolute atomic E-state index is 1.10. The molecular weight excluding hydrogens is 677 g/mol. The van der Waals surface area contributed by atoms with Crippen LogP contribution in [0.5, 0.6) is 0 Å². The fourth-order valence-corrected chi connectivity index (χ4v) is 8.06. The molecule has 264 valence electrons. The quantitative estimate of drug-likeness (QED) is 0.152. The Bertz CT molecular complexity index is 2910. The van der Waals surface area contributed by atoms with Crippen LogP contribution in [0, 0.1) is 0 Å². The van der Waals surface area contributed by atoms with Crippen molar-refractivity contribution >= 4 is 38.9 Å². The Hall–Kier alpha value is -7.42. The second-order valence-electron chi connectivity index (χ2n) is 14.2. The number of fused-ring (bicyclic) bond motifs is 3. The lowest BCUT2D eigenvalue weighted by Gasteiger charge is -2.28. The van der Waals surface area contributed by atoms with Crippen molar-refractivity contribution < 1.29 is 0 Å². The molecule has 0 aliphatic rings. The number of nitrogens with zero attached hydrogens (tertiary/aromatic N) is 2. The molecule has 0 fully saturated rings. The van der Waals surface area contributed by atoms with E-state index in [1.807, 2.05) is 0 Å². The zero-order valence-corrected chi connectivity index (χ0v) is 30.8. The van der Waals surface area contributed by atoms with Crippen molar-refractivity contribution in [1.29, 1.82) is 0 Å². The van der Waals surface area contributed by atoms with Gasteiger partial charge in [0.1, 0.15) is 0 Å². The van der Waals surface area contributed by atoms with Crippen LogP contribution >= 0.6 is 0 Å². The Balaban J connectivity index is 0.987. The van der Waals surface area contributed by atoms with Gasteiger partial charge in [-0.05, 0) is 99.6 Å². The standard InChI is InChI=1S/C54H38N2/c1-4-14-39(15-5-1)41-28-33-47(34-29-41)55(52-22-12-10-20-49(52)44-16-6-2-7-17-44)48-35-30-42(31-36-48)40-24-26-43(27-25-40)45-32-37-54-51(38-45)50-21-11-13-23-53(50)56(54)46-18-8-3-9-19-46/h1-38H. The van der Waals surface area contributed by atoms with Gasteiger partial charge < -0.3 is 9.47 Å². The lowest BCUT2D eigenvalue weighted by atomic mass is 9.98. The highest BCUT2D eigenvalue weighted by molar-refractivity contribution is 6.10. The summed E-state index contributed by atoms with van der Waals surface area (Å²) >= 11 is 0. The molecule has 0 amide bonds. The van der Waals surface area contributed by atoms with Gasteiger partial charge in [0.15, 0.2) is 0 Å². The maximum absolute atomic E-state index is 2.37. The average molecular weight is 715 g/mol. The van der Waals surface area contributed by atoms with Crippen LogP contribution in [0.3, 0.4) is 0 Å². The molecule has 1 heterocycles. The number of hydrogen-bond donors (Lipinski definition) is 0. The van der Waals surface area contributed by atoms with Crippen LogP contribution in [-0.2, 0) is 0 Å². The predicted molar refractivity (Wildman–Crippen MR) is 237 cm³/mol. The summed E-state index contributed by atoms with van der Waals surface area (Å²) < 4.78 is 2.36. The van der Waals surface area contributed by atoms with Crippen molar-refractivity contribution in [2.24, 2.45) is 0 Å². The summed E-state index contributed by atoms with van der Waals surface area (Å²) in [5.74, 6) is 0. The van der Waals surface area contributed by atoms with Gasteiger partial charge in [0.25, 0.3) is 0 Å². The van der Waals surface area contributed by atoms with Crippen molar-refractivity contribution in [3.8, 4) is 50.2 Å². The van der Waals surface area contributed by atoms with Crippen LogP contribution in [0.4, 0.5) is 17.1 Å². The summed E-state index contributed by atoms with van der Waals surface area (Å²) in [6.45, 7) is 0. The van der Waals surface area contributed by atoms with Gasteiger partial charge in [0, 0.05) is 33.4 Å². The Morgan fingerprint density at radius 3 is 1.34 bits per heavy atom. The molecule has 56 heavy (non-hydrogen) atoms. The molecule has 0 unspecified atom stereocenters. The second-order valence-corrected chi connectivity index (χ2v) is 14.2. The minimum atomic E-state index is 1.10. The molecular formula is C54H38N2. The summed E-state index contributed by atoms with van der Waals surface area (Å²) in [5, 5.41) is 2.52. The smallest absolute Gasteiger partial charge is 0.0541 e. The third-order valence-corrected chi connectivity index (χ3v) is 10.8. The molecule has 0 aliphatic carbocycles. The zero-order chi connectivity index (χ0) is 37.3. The molecule has 0 atom stereocenters. The van der Waals surface area contributed by atoms with E-state index in [1.165, 1.54) is 72.0 Å². The summed E-state index contributed by atoms with van der Waals surface area (Å²) in [6.07, 6.45) is 0. The molecule has 0 bridgehead atoms. The molecule has 9 aromatic carbocycles. The fraction of sp³-hybridized carbons (Fsp3) is 0. The van der Waals surface area contributed by atoms with Gasteiger partial charge in [-0.1, -0.05) is 170 Å². The molecule has 0 saturated carbocycles. The van der Waals surface area contributed by atoms with E-state index in [-0.39, 0.29) is 0 Å². The monoisotopic (exact) mass is 714 g/mol. The van der Waals surface area contributed by atoms with Gasteiger partial charge in [0.05, 0.1) is 16.7 Å². The first-order valence-corrected chi connectivity index (χ1v) is 19.2. The Morgan fingerprint density at radius 2 is 0.714 bits per heavy atom. The first-order chi connectivity index (χ1) is 27.8. The summed E-state index contributed by atoms with van der Waals surface area (Å²) in [4.78, 5) is 2.37. The maximum atomic E-state index is 2.37. The Kier molecular flexibility index (Phi) is 8.55. The number of anilines is 3. The third kappa shape index (κ3) is 6.14. The molecule has 0 N–H and O–H groups in total. The minimum Gasteiger partial charge on any atom is -0.310 e. The van der Waals surface area contributed by atoms with Gasteiger partial charge in [-0.3, -0.25) is 0 Å².